The van der Waals surface area contributed by atoms with E-state index in [1.807, 2.05) is 20.8 Å². The summed E-state index contributed by atoms with van der Waals surface area (Å²) >= 11 is 0. The Morgan fingerprint density at radius 1 is 1.21 bits per heavy atom. The summed E-state index contributed by atoms with van der Waals surface area (Å²) in [5.74, 6) is -1.36. The van der Waals surface area contributed by atoms with Gasteiger partial charge < -0.3 is 15.2 Å². The molecule has 0 rings (SSSR count). The Balaban J connectivity index is 4.57. The lowest BCUT2D eigenvalue weighted by molar-refractivity contribution is -0.144. The maximum Gasteiger partial charge on any atom is 0.322 e. The van der Waals surface area contributed by atoms with Crippen LogP contribution in [-0.2, 0) is 14.3 Å². The average Bonchev–Trinajstić information content (AvgIpc) is 2.39. The zero-order chi connectivity index (χ0) is 14.8. The van der Waals surface area contributed by atoms with Crippen LogP contribution in [-0.4, -0.2) is 36.7 Å². The van der Waals surface area contributed by atoms with E-state index in [4.69, 9.17) is 4.74 Å². The van der Waals surface area contributed by atoms with Crippen LogP contribution in [0.1, 0.15) is 46.5 Å². The van der Waals surface area contributed by atoms with Crippen molar-refractivity contribution in [1.29, 1.82) is 0 Å². The van der Waals surface area contributed by atoms with Crippen molar-refractivity contribution >= 4 is 11.9 Å². The molecule has 5 nitrogen and oxygen atoms in total. The number of carboxylic acid groups (broad SMARTS) is 1. The van der Waals surface area contributed by atoms with Gasteiger partial charge in [-0.2, -0.15) is 0 Å². The van der Waals surface area contributed by atoms with Crippen LogP contribution >= 0.6 is 0 Å². The highest BCUT2D eigenvalue weighted by Gasteiger charge is 2.27. The summed E-state index contributed by atoms with van der Waals surface area (Å²) < 4.78 is 4.71. The molecule has 112 valence electrons. The van der Waals surface area contributed by atoms with E-state index < -0.39 is 5.97 Å². The third-order valence-electron chi connectivity index (χ3n) is 3.51. The quantitative estimate of drug-likeness (QED) is 0.596. The minimum atomic E-state index is -0.756. The first-order valence-electron chi connectivity index (χ1n) is 7.05. The zero-order valence-electron chi connectivity index (χ0n) is 12.4. The largest absolute Gasteiger partial charge is 0.481 e. The predicted molar refractivity (Wildman–Crippen MR) is 73.9 cm³/mol. The molecule has 0 spiro atoms. The fourth-order valence-corrected chi connectivity index (χ4v) is 2.36. The number of hydrogen-bond acceptors (Lipinski definition) is 4. The summed E-state index contributed by atoms with van der Waals surface area (Å²) in [6, 6.07) is -0.351. The molecule has 0 aromatic carbocycles. The molecule has 0 aromatic heterocycles. The van der Waals surface area contributed by atoms with Crippen LogP contribution in [0.15, 0.2) is 0 Å². The molecule has 0 saturated heterocycles. The number of hydrogen-bond donors (Lipinski definition) is 2. The van der Waals surface area contributed by atoms with Gasteiger partial charge in [-0.15, -0.1) is 0 Å². The van der Waals surface area contributed by atoms with Crippen LogP contribution in [0.4, 0.5) is 0 Å². The number of carbonyl (C=O) groups excluding carboxylic acids is 1. The van der Waals surface area contributed by atoms with Crippen LogP contribution in [0, 0.1) is 11.8 Å². The number of carbonyl (C=O) groups is 2. The van der Waals surface area contributed by atoms with Gasteiger partial charge in [-0.25, -0.2) is 0 Å². The van der Waals surface area contributed by atoms with Crippen molar-refractivity contribution in [2.24, 2.45) is 11.8 Å². The highest BCUT2D eigenvalue weighted by atomic mass is 16.5. The highest BCUT2D eigenvalue weighted by molar-refractivity contribution is 5.75. The molecule has 0 radical (unpaired) electrons. The Labute approximate surface area is 115 Å². The van der Waals surface area contributed by atoms with Gasteiger partial charge in [0, 0.05) is 0 Å². The lowest BCUT2D eigenvalue weighted by Crippen LogP contribution is -2.42. The van der Waals surface area contributed by atoms with Gasteiger partial charge in [0.2, 0.25) is 0 Å². The normalized spacial score (nSPS) is 15.6. The summed E-state index contributed by atoms with van der Waals surface area (Å²) in [6.07, 6.45) is 3.02. The SMILES string of the molecule is CCCC(CN[C@@H](CC)C(=O)OC)[C@@H](CC)C(=O)O. The van der Waals surface area contributed by atoms with Crippen LogP contribution in [0.2, 0.25) is 0 Å². The van der Waals surface area contributed by atoms with Crippen LogP contribution in [0.3, 0.4) is 0 Å². The van der Waals surface area contributed by atoms with Crippen molar-refractivity contribution in [3.8, 4) is 0 Å². The van der Waals surface area contributed by atoms with E-state index >= 15 is 0 Å². The number of ether oxygens (including phenoxy) is 1. The fourth-order valence-electron chi connectivity index (χ4n) is 2.36. The van der Waals surface area contributed by atoms with Gasteiger partial charge in [0.05, 0.1) is 13.0 Å². The van der Waals surface area contributed by atoms with E-state index in [-0.39, 0.29) is 23.8 Å². The first-order chi connectivity index (χ1) is 9.01. The highest BCUT2D eigenvalue weighted by Crippen LogP contribution is 2.21. The molecule has 0 aliphatic heterocycles. The minimum absolute atomic E-state index is 0.0474. The van der Waals surface area contributed by atoms with Gasteiger partial charge in [0.25, 0.3) is 0 Å². The number of nitrogens with one attached hydrogen (secondary N) is 1. The van der Waals surface area contributed by atoms with Crippen molar-refractivity contribution in [1.82, 2.24) is 5.32 Å². The number of esters is 1. The summed E-state index contributed by atoms with van der Waals surface area (Å²) in [6.45, 7) is 6.36. The third-order valence-corrected chi connectivity index (χ3v) is 3.51. The first-order valence-corrected chi connectivity index (χ1v) is 7.05. The molecule has 1 unspecified atom stereocenters. The first kappa shape index (κ1) is 17.9. The molecular formula is C14H27NO4. The van der Waals surface area contributed by atoms with Crippen LogP contribution in [0.25, 0.3) is 0 Å². The van der Waals surface area contributed by atoms with Gasteiger partial charge in [-0.3, -0.25) is 9.59 Å². The number of aliphatic carboxylic acids is 1. The predicted octanol–water partition coefficient (Wildman–Crippen LogP) is 2.05. The zero-order valence-corrected chi connectivity index (χ0v) is 12.4. The second-order valence-electron chi connectivity index (χ2n) is 4.79. The molecule has 0 aliphatic carbocycles. The van der Waals surface area contributed by atoms with E-state index in [0.717, 1.165) is 12.8 Å². The van der Waals surface area contributed by atoms with Gasteiger partial charge in [0.15, 0.2) is 0 Å². The van der Waals surface area contributed by atoms with Crippen molar-refractivity contribution in [2.45, 2.75) is 52.5 Å². The Morgan fingerprint density at radius 2 is 1.84 bits per heavy atom. The second-order valence-corrected chi connectivity index (χ2v) is 4.79. The Kier molecular flexibility index (Phi) is 9.21. The maximum absolute atomic E-state index is 11.5. The van der Waals surface area contributed by atoms with Crippen molar-refractivity contribution in [2.75, 3.05) is 13.7 Å². The number of rotatable bonds is 10. The van der Waals surface area contributed by atoms with Crippen molar-refractivity contribution in [3.63, 3.8) is 0 Å². The van der Waals surface area contributed by atoms with Crippen molar-refractivity contribution in [3.05, 3.63) is 0 Å². The molecule has 0 bridgehead atoms. The summed E-state index contributed by atoms with van der Waals surface area (Å²) in [4.78, 5) is 22.7. The van der Waals surface area contributed by atoms with Gasteiger partial charge in [-0.1, -0.05) is 27.2 Å². The summed E-state index contributed by atoms with van der Waals surface area (Å²) in [7, 11) is 1.36. The Hall–Kier alpha value is -1.10. The molecule has 3 atom stereocenters. The standard InChI is InChI=1S/C14H27NO4/c1-5-8-10(11(6-2)13(16)17)9-15-12(7-3)14(18)19-4/h10-12,15H,5-9H2,1-4H3,(H,16,17)/t10?,11-,12+/m1/s1. The van der Waals surface area contributed by atoms with Gasteiger partial charge >= 0.3 is 11.9 Å². The average molecular weight is 273 g/mol. The summed E-state index contributed by atoms with van der Waals surface area (Å²) in [5, 5.41) is 12.4. The monoisotopic (exact) mass is 273 g/mol. The fraction of sp³-hybridized carbons (Fsp3) is 0.857. The Bertz CT molecular complexity index is 281. The topological polar surface area (TPSA) is 75.6 Å². The molecule has 19 heavy (non-hydrogen) atoms. The molecule has 0 saturated carbocycles. The summed E-state index contributed by atoms with van der Waals surface area (Å²) in [5.41, 5.74) is 0. The molecule has 0 fully saturated rings. The van der Waals surface area contributed by atoms with Gasteiger partial charge in [0.1, 0.15) is 6.04 Å². The molecule has 2 N–H and O–H groups in total. The number of carboxylic acids is 1. The van der Waals surface area contributed by atoms with Gasteiger partial charge in [-0.05, 0) is 31.7 Å². The molecule has 0 amide bonds. The van der Waals surface area contributed by atoms with E-state index in [1.54, 1.807) is 0 Å². The van der Waals surface area contributed by atoms with E-state index in [0.29, 0.717) is 19.4 Å². The van der Waals surface area contributed by atoms with E-state index in [9.17, 15) is 14.7 Å². The second kappa shape index (κ2) is 9.78. The number of methoxy groups -OCH3 is 1. The molecule has 5 heteroatoms. The molecular weight excluding hydrogens is 246 g/mol. The lowest BCUT2D eigenvalue weighted by Gasteiger charge is -2.25. The van der Waals surface area contributed by atoms with E-state index in [2.05, 4.69) is 5.32 Å². The smallest absolute Gasteiger partial charge is 0.322 e. The maximum atomic E-state index is 11.5. The van der Waals surface area contributed by atoms with Crippen molar-refractivity contribution < 1.29 is 19.4 Å². The molecule has 0 aromatic rings. The van der Waals surface area contributed by atoms with Crippen LogP contribution in [0.5, 0.6) is 0 Å². The lowest BCUT2D eigenvalue weighted by atomic mass is 9.86. The van der Waals surface area contributed by atoms with Crippen LogP contribution < -0.4 is 5.32 Å². The Morgan fingerprint density at radius 3 is 2.21 bits per heavy atom. The minimum Gasteiger partial charge on any atom is -0.481 e. The molecule has 0 heterocycles. The van der Waals surface area contributed by atoms with E-state index in [1.165, 1.54) is 7.11 Å². The molecule has 0 aliphatic rings. The third kappa shape index (κ3) is 6.05.